The topological polar surface area (TPSA) is 226 Å². The Morgan fingerprint density at radius 1 is 0.889 bits per heavy atom. The number of nitrogens with one attached hydrogen (secondary N) is 3. The monoisotopic (exact) mass is 497 g/mol. The molecular weight excluding hydrogens is 470 g/mol. The molecule has 1 unspecified atom stereocenters. The van der Waals surface area contributed by atoms with Crippen molar-refractivity contribution in [3.8, 4) is 0 Å². The van der Waals surface area contributed by atoms with Gasteiger partial charge in [0.1, 0.15) is 11.9 Å². The van der Waals surface area contributed by atoms with Crippen LogP contribution in [-0.4, -0.2) is 64.2 Å². The number of Topliss-reactive ketones (excluding diaryl/α,β-unsaturated/α-hetero) is 1. The maximum absolute atomic E-state index is 13.1. The lowest BCUT2D eigenvalue weighted by Crippen LogP contribution is -2.52. The predicted molar refractivity (Wildman–Crippen MR) is 129 cm³/mol. The van der Waals surface area contributed by atoms with E-state index in [1.54, 1.807) is 0 Å². The summed E-state index contributed by atoms with van der Waals surface area (Å²) in [4.78, 5) is 60.7. The molecule has 0 saturated heterocycles. The molecule has 36 heavy (non-hydrogen) atoms. The van der Waals surface area contributed by atoms with E-state index in [0.717, 1.165) is 0 Å². The maximum Gasteiger partial charge on any atom is 0.335 e. The van der Waals surface area contributed by atoms with Crippen LogP contribution in [0.5, 0.6) is 0 Å². The molecule has 12 nitrogen and oxygen atoms in total. The van der Waals surface area contributed by atoms with Crippen molar-refractivity contribution in [3.05, 3.63) is 70.8 Å². The maximum atomic E-state index is 13.1. The van der Waals surface area contributed by atoms with Gasteiger partial charge in [-0.25, -0.2) is 4.79 Å². The normalized spacial score (nSPS) is 13.1. The number of rotatable bonds is 12. The van der Waals surface area contributed by atoms with Crippen LogP contribution < -0.4 is 22.1 Å². The van der Waals surface area contributed by atoms with Crippen molar-refractivity contribution in [3.63, 3.8) is 0 Å². The molecule has 0 aliphatic carbocycles. The zero-order valence-electron chi connectivity index (χ0n) is 19.4. The first kappa shape index (κ1) is 27.7. The fraction of sp³-hybridized carbons (Fsp3) is 0.250. The van der Waals surface area contributed by atoms with E-state index in [4.69, 9.17) is 22.0 Å². The van der Waals surface area contributed by atoms with Crippen LogP contribution in [0.3, 0.4) is 0 Å². The molecule has 2 amide bonds. The molecule has 0 bridgehead atoms. The van der Waals surface area contributed by atoms with Crippen LogP contribution in [0.4, 0.5) is 0 Å². The molecular formula is C24H27N5O7. The lowest BCUT2D eigenvalue weighted by molar-refractivity contribution is -0.140. The molecule has 0 radical (unpaired) electrons. The molecule has 9 N–H and O–H groups in total. The number of nitrogens with two attached hydrogens (primary N) is 2. The molecule has 2 rings (SSSR count). The number of ketones is 1. The molecule has 0 aromatic heterocycles. The van der Waals surface area contributed by atoms with Gasteiger partial charge < -0.3 is 32.3 Å². The first-order valence-electron chi connectivity index (χ1n) is 10.8. The molecule has 0 heterocycles. The van der Waals surface area contributed by atoms with Crippen LogP contribution in [0.15, 0.2) is 48.5 Å². The summed E-state index contributed by atoms with van der Waals surface area (Å²) in [6, 6.07) is 8.61. The molecule has 3 atom stereocenters. The van der Waals surface area contributed by atoms with Crippen molar-refractivity contribution in [2.45, 2.75) is 31.3 Å². The van der Waals surface area contributed by atoms with Gasteiger partial charge in [0.15, 0.2) is 5.78 Å². The van der Waals surface area contributed by atoms with Gasteiger partial charge in [-0.3, -0.25) is 24.6 Å². The van der Waals surface area contributed by atoms with Gasteiger partial charge in [-0.2, -0.15) is 0 Å². The Bertz CT molecular complexity index is 1160. The van der Waals surface area contributed by atoms with Crippen LogP contribution in [0, 0.1) is 5.41 Å². The van der Waals surface area contributed by atoms with Gasteiger partial charge in [0.25, 0.3) is 5.91 Å². The molecule has 0 aliphatic rings. The number of carboxylic acid groups (broad SMARTS) is 2. The molecule has 190 valence electrons. The highest BCUT2D eigenvalue weighted by atomic mass is 16.4. The number of nitrogen functional groups attached to an aromatic ring is 1. The summed E-state index contributed by atoms with van der Waals surface area (Å²) < 4.78 is 0. The van der Waals surface area contributed by atoms with Crippen LogP contribution in [-0.2, 0) is 14.4 Å². The number of aliphatic carboxylic acids is 1. The number of carbonyl (C=O) groups excluding carboxylic acids is 3. The minimum absolute atomic E-state index is 0.00198. The van der Waals surface area contributed by atoms with Crippen LogP contribution in [0.1, 0.15) is 51.1 Å². The van der Waals surface area contributed by atoms with Crippen molar-refractivity contribution < 1.29 is 34.2 Å². The summed E-state index contributed by atoms with van der Waals surface area (Å²) in [6.45, 7) is 1.16. The summed E-state index contributed by atoms with van der Waals surface area (Å²) in [7, 11) is 0. The number of aromatic carboxylic acids is 1. The van der Waals surface area contributed by atoms with Gasteiger partial charge in [0, 0.05) is 17.7 Å². The molecule has 2 aromatic carbocycles. The molecule has 0 spiro atoms. The quantitative estimate of drug-likeness (QED) is 0.155. The van der Waals surface area contributed by atoms with E-state index in [-0.39, 0.29) is 23.5 Å². The van der Waals surface area contributed by atoms with E-state index < -0.39 is 54.0 Å². The standard InChI is InChI=1S/C24H27N5O7/c1-12(28-23(34)15-6-4-14(5-7-15)21(26)27)22(33)29-18(10-19(30)31)20(32)17(11-25)13-2-8-16(9-3-13)24(35)36/h2-9,12,17-18H,10-11,25H2,1H3,(H3,26,27)(H,28,34)(H,29,33)(H,30,31)(H,35,36)/t12-,17?,18-/m0/s1. The molecule has 0 aliphatic heterocycles. The van der Waals surface area contributed by atoms with E-state index in [0.29, 0.717) is 11.1 Å². The van der Waals surface area contributed by atoms with E-state index >= 15 is 0 Å². The summed E-state index contributed by atoms with van der Waals surface area (Å²) in [5.74, 6) is -5.73. The molecule has 2 aromatic rings. The number of benzene rings is 2. The fourth-order valence-corrected chi connectivity index (χ4v) is 3.36. The van der Waals surface area contributed by atoms with Crippen LogP contribution >= 0.6 is 0 Å². The average Bonchev–Trinajstić information content (AvgIpc) is 2.83. The first-order valence-corrected chi connectivity index (χ1v) is 10.8. The highest BCUT2D eigenvalue weighted by molar-refractivity contribution is 6.01. The van der Waals surface area contributed by atoms with Gasteiger partial charge in [-0.05, 0) is 36.8 Å². The Labute approximate surface area is 206 Å². The van der Waals surface area contributed by atoms with Crippen molar-refractivity contribution in [1.82, 2.24) is 10.6 Å². The highest BCUT2D eigenvalue weighted by Gasteiger charge is 2.32. The smallest absolute Gasteiger partial charge is 0.335 e. The third-order valence-electron chi connectivity index (χ3n) is 5.38. The Balaban J connectivity index is 2.14. The van der Waals surface area contributed by atoms with Crippen molar-refractivity contribution in [1.29, 1.82) is 5.41 Å². The summed E-state index contributed by atoms with van der Waals surface area (Å²) >= 11 is 0. The zero-order chi connectivity index (χ0) is 27.0. The molecule has 0 fully saturated rings. The third kappa shape index (κ3) is 7.21. The lowest BCUT2D eigenvalue weighted by Gasteiger charge is -2.24. The Kier molecular flexibility index (Phi) is 9.39. The Morgan fingerprint density at radius 2 is 1.42 bits per heavy atom. The van der Waals surface area contributed by atoms with Crippen LogP contribution in [0.25, 0.3) is 0 Å². The van der Waals surface area contributed by atoms with Gasteiger partial charge in [-0.1, -0.05) is 24.3 Å². The highest BCUT2D eigenvalue weighted by Crippen LogP contribution is 2.20. The van der Waals surface area contributed by atoms with Gasteiger partial charge in [-0.15, -0.1) is 0 Å². The third-order valence-corrected chi connectivity index (χ3v) is 5.38. The number of carbonyl (C=O) groups is 5. The molecule has 12 heteroatoms. The minimum Gasteiger partial charge on any atom is -0.481 e. The van der Waals surface area contributed by atoms with E-state index in [2.05, 4.69) is 10.6 Å². The largest absolute Gasteiger partial charge is 0.481 e. The van der Waals surface area contributed by atoms with E-state index in [1.807, 2.05) is 0 Å². The average molecular weight is 498 g/mol. The van der Waals surface area contributed by atoms with E-state index in [9.17, 15) is 29.1 Å². The zero-order valence-corrected chi connectivity index (χ0v) is 19.4. The summed E-state index contributed by atoms with van der Waals surface area (Å²) in [6.07, 6.45) is -0.721. The van der Waals surface area contributed by atoms with Gasteiger partial charge >= 0.3 is 11.9 Å². The SMILES string of the molecule is C[C@H](NC(=O)c1ccc(C(=N)N)cc1)C(=O)N[C@@H](CC(=O)O)C(=O)C(CN)c1ccc(C(=O)O)cc1. The van der Waals surface area contributed by atoms with E-state index in [1.165, 1.54) is 55.5 Å². The number of amides is 2. The second kappa shape index (κ2) is 12.2. The fourth-order valence-electron chi connectivity index (χ4n) is 3.36. The second-order valence-corrected chi connectivity index (χ2v) is 7.96. The number of hydrogen-bond acceptors (Lipinski definition) is 7. The first-order chi connectivity index (χ1) is 16.9. The Morgan fingerprint density at radius 3 is 1.89 bits per heavy atom. The number of amidine groups is 1. The summed E-state index contributed by atoms with van der Waals surface area (Å²) in [5, 5.41) is 30.5. The van der Waals surface area contributed by atoms with Crippen molar-refractivity contribution >= 4 is 35.4 Å². The minimum atomic E-state index is -1.45. The van der Waals surface area contributed by atoms with Crippen molar-refractivity contribution in [2.75, 3.05) is 6.54 Å². The Hall–Kier alpha value is -4.58. The lowest BCUT2D eigenvalue weighted by atomic mass is 9.89. The molecule has 0 saturated carbocycles. The van der Waals surface area contributed by atoms with Crippen molar-refractivity contribution in [2.24, 2.45) is 11.5 Å². The number of hydrogen-bond donors (Lipinski definition) is 7. The van der Waals surface area contributed by atoms with Crippen LogP contribution in [0.2, 0.25) is 0 Å². The van der Waals surface area contributed by atoms with Gasteiger partial charge in [0.05, 0.1) is 23.9 Å². The summed E-state index contributed by atoms with van der Waals surface area (Å²) in [5.41, 5.74) is 12.1. The second-order valence-electron chi connectivity index (χ2n) is 7.96. The van der Waals surface area contributed by atoms with Gasteiger partial charge in [0.2, 0.25) is 5.91 Å². The predicted octanol–water partition coefficient (Wildman–Crippen LogP) is 0.0583. The number of carboxylic acids is 2.